The first-order valence-electron chi connectivity index (χ1n) is 8.93. The average molecular weight is 372 g/mol. The van der Waals surface area contributed by atoms with Crippen LogP contribution in [0.1, 0.15) is 48.5 Å². The van der Waals surface area contributed by atoms with E-state index in [1.165, 1.54) is 4.88 Å². The molecule has 6 heteroatoms. The highest BCUT2D eigenvalue weighted by atomic mass is 32.1. The summed E-state index contributed by atoms with van der Waals surface area (Å²) in [7, 11) is 0. The minimum absolute atomic E-state index is 0.138. The van der Waals surface area contributed by atoms with E-state index < -0.39 is 17.9 Å². The van der Waals surface area contributed by atoms with Gasteiger partial charge in [0.25, 0.3) is 0 Å². The third kappa shape index (κ3) is 4.14. The van der Waals surface area contributed by atoms with E-state index in [0.29, 0.717) is 12.2 Å². The van der Waals surface area contributed by atoms with Gasteiger partial charge in [0.05, 0.1) is 6.10 Å². The number of hydrogen-bond acceptors (Lipinski definition) is 4. The lowest BCUT2D eigenvalue weighted by Gasteiger charge is -2.28. The molecule has 1 saturated carbocycles. The number of nitrogens with one attached hydrogen (secondary N) is 2. The van der Waals surface area contributed by atoms with Crippen LogP contribution in [0.25, 0.3) is 0 Å². The van der Waals surface area contributed by atoms with Crippen LogP contribution in [-0.4, -0.2) is 23.5 Å². The number of carbonyl (C=O) groups excluding carboxylic acids is 2. The van der Waals surface area contributed by atoms with Crippen molar-refractivity contribution in [1.82, 2.24) is 5.32 Å². The average Bonchev–Trinajstić information content (AvgIpc) is 3.30. The van der Waals surface area contributed by atoms with E-state index in [1.807, 2.05) is 18.2 Å². The molecule has 3 N–H and O–H groups in total. The fraction of sp³-hybridized carbons (Fsp3) is 0.400. The number of para-hydroxylation sites is 1. The molecule has 26 heavy (non-hydrogen) atoms. The summed E-state index contributed by atoms with van der Waals surface area (Å²) in [6.07, 6.45) is 3.68. The number of rotatable bonds is 5. The summed E-state index contributed by atoms with van der Waals surface area (Å²) in [5.74, 6) is -1.27. The minimum atomic E-state index is -0.653. The molecule has 138 valence electrons. The SMILES string of the molecule is CC(O)c1ccc(C2(CNC(=O)C(=O)Nc3ccccc3)CCCC2)s1. The molecule has 1 unspecified atom stereocenters. The lowest BCUT2D eigenvalue weighted by Crippen LogP contribution is -2.43. The quantitative estimate of drug-likeness (QED) is 0.704. The van der Waals surface area contributed by atoms with Gasteiger partial charge in [-0.05, 0) is 44.0 Å². The summed E-state index contributed by atoms with van der Waals surface area (Å²) in [5.41, 5.74) is 0.462. The molecule has 1 aliphatic carbocycles. The maximum atomic E-state index is 12.2. The van der Waals surface area contributed by atoms with Gasteiger partial charge in [0.2, 0.25) is 0 Å². The lowest BCUT2D eigenvalue weighted by atomic mass is 9.84. The number of benzene rings is 1. The van der Waals surface area contributed by atoms with E-state index in [0.717, 1.165) is 30.6 Å². The molecule has 1 aromatic heterocycles. The van der Waals surface area contributed by atoms with Crippen LogP contribution in [0, 0.1) is 0 Å². The molecule has 1 aromatic carbocycles. The minimum Gasteiger partial charge on any atom is -0.388 e. The maximum Gasteiger partial charge on any atom is 0.313 e. The van der Waals surface area contributed by atoms with Crippen molar-refractivity contribution in [1.29, 1.82) is 0 Å². The second-order valence-corrected chi connectivity index (χ2v) is 7.98. The third-order valence-corrected chi connectivity index (χ3v) is 6.45. The number of anilines is 1. The monoisotopic (exact) mass is 372 g/mol. The molecule has 1 fully saturated rings. The fourth-order valence-corrected chi connectivity index (χ4v) is 4.65. The summed E-state index contributed by atoms with van der Waals surface area (Å²) in [5, 5.41) is 15.2. The van der Waals surface area contributed by atoms with Crippen LogP contribution >= 0.6 is 11.3 Å². The molecule has 2 aromatic rings. The summed E-state index contributed by atoms with van der Waals surface area (Å²) in [6.45, 7) is 2.19. The van der Waals surface area contributed by atoms with Crippen LogP contribution in [0.3, 0.4) is 0 Å². The second kappa shape index (κ2) is 8.01. The van der Waals surface area contributed by atoms with Crippen molar-refractivity contribution in [3.63, 3.8) is 0 Å². The van der Waals surface area contributed by atoms with Crippen LogP contribution in [0.15, 0.2) is 42.5 Å². The van der Waals surface area contributed by atoms with E-state index in [4.69, 9.17) is 0 Å². The van der Waals surface area contributed by atoms with Crippen molar-refractivity contribution in [2.75, 3.05) is 11.9 Å². The van der Waals surface area contributed by atoms with Gasteiger partial charge in [0, 0.05) is 27.4 Å². The zero-order chi connectivity index (χ0) is 18.6. The number of aliphatic hydroxyl groups is 1. The van der Waals surface area contributed by atoms with Crippen molar-refractivity contribution < 1.29 is 14.7 Å². The Hall–Kier alpha value is -2.18. The predicted octanol–water partition coefficient (Wildman–Crippen LogP) is 3.37. The molecule has 1 aliphatic rings. The molecule has 1 atom stereocenters. The summed E-state index contributed by atoms with van der Waals surface area (Å²) in [4.78, 5) is 26.4. The van der Waals surface area contributed by atoms with Crippen molar-refractivity contribution in [3.05, 3.63) is 52.2 Å². The molecule has 3 rings (SSSR count). The Morgan fingerprint density at radius 1 is 1.12 bits per heavy atom. The summed E-state index contributed by atoms with van der Waals surface area (Å²) >= 11 is 1.60. The lowest BCUT2D eigenvalue weighted by molar-refractivity contribution is -0.136. The highest BCUT2D eigenvalue weighted by molar-refractivity contribution is 7.12. The van der Waals surface area contributed by atoms with Crippen LogP contribution in [0.2, 0.25) is 0 Å². The molecule has 5 nitrogen and oxygen atoms in total. The third-order valence-electron chi connectivity index (χ3n) is 4.95. The Morgan fingerprint density at radius 2 is 1.81 bits per heavy atom. The van der Waals surface area contributed by atoms with Crippen LogP contribution in [0.5, 0.6) is 0 Å². The highest BCUT2D eigenvalue weighted by Crippen LogP contribution is 2.44. The summed E-state index contributed by atoms with van der Waals surface area (Å²) in [6, 6.07) is 12.9. The Balaban J connectivity index is 1.65. The molecule has 0 spiro atoms. The molecule has 1 heterocycles. The molecule has 0 saturated heterocycles. The molecular formula is C20H24N2O3S. The first kappa shape index (κ1) is 18.6. The Morgan fingerprint density at radius 3 is 2.42 bits per heavy atom. The smallest absolute Gasteiger partial charge is 0.313 e. The van der Waals surface area contributed by atoms with Crippen LogP contribution in [0.4, 0.5) is 5.69 Å². The van der Waals surface area contributed by atoms with Crippen molar-refractivity contribution in [2.45, 2.75) is 44.1 Å². The second-order valence-electron chi connectivity index (χ2n) is 6.87. The first-order chi connectivity index (χ1) is 12.5. The zero-order valence-corrected chi connectivity index (χ0v) is 15.6. The Bertz CT molecular complexity index is 764. The number of aliphatic hydroxyl groups excluding tert-OH is 1. The molecule has 0 radical (unpaired) electrons. The van der Waals surface area contributed by atoms with E-state index in [9.17, 15) is 14.7 Å². The number of thiophene rings is 1. The van der Waals surface area contributed by atoms with Gasteiger partial charge in [-0.2, -0.15) is 0 Å². The molecule has 0 bridgehead atoms. The summed E-state index contributed by atoms with van der Waals surface area (Å²) < 4.78 is 0. The highest BCUT2D eigenvalue weighted by Gasteiger charge is 2.37. The van der Waals surface area contributed by atoms with E-state index in [-0.39, 0.29) is 5.41 Å². The molecular weight excluding hydrogens is 348 g/mol. The van der Waals surface area contributed by atoms with Gasteiger partial charge in [-0.3, -0.25) is 9.59 Å². The Labute approximate surface area is 157 Å². The largest absolute Gasteiger partial charge is 0.388 e. The number of hydrogen-bond donors (Lipinski definition) is 3. The first-order valence-corrected chi connectivity index (χ1v) is 9.74. The van der Waals surface area contributed by atoms with E-state index >= 15 is 0 Å². The van der Waals surface area contributed by atoms with Gasteiger partial charge >= 0.3 is 11.8 Å². The standard InChI is InChI=1S/C20H24N2O3S/c1-14(23)16-9-10-17(26-16)20(11-5-6-12-20)13-21-18(24)19(25)22-15-7-3-2-4-8-15/h2-4,7-10,14,23H,5-6,11-13H2,1H3,(H,21,24)(H,22,25). The van der Waals surface area contributed by atoms with E-state index in [2.05, 4.69) is 10.6 Å². The molecule has 0 aliphatic heterocycles. The predicted molar refractivity (Wildman–Crippen MR) is 103 cm³/mol. The van der Waals surface area contributed by atoms with Gasteiger partial charge < -0.3 is 15.7 Å². The van der Waals surface area contributed by atoms with Crippen molar-refractivity contribution >= 4 is 28.8 Å². The van der Waals surface area contributed by atoms with Gasteiger partial charge in [-0.25, -0.2) is 0 Å². The van der Waals surface area contributed by atoms with Gasteiger partial charge in [0.1, 0.15) is 0 Å². The number of carbonyl (C=O) groups is 2. The van der Waals surface area contributed by atoms with Crippen molar-refractivity contribution in [2.24, 2.45) is 0 Å². The zero-order valence-electron chi connectivity index (χ0n) is 14.8. The van der Waals surface area contributed by atoms with Crippen molar-refractivity contribution in [3.8, 4) is 0 Å². The normalized spacial score (nSPS) is 16.8. The number of amides is 2. The van der Waals surface area contributed by atoms with Gasteiger partial charge in [-0.1, -0.05) is 31.0 Å². The van der Waals surface area contributed by atoms with Crippen LogP contribution < -0.4 is 10.6 Å². The Kier molecular flexibility index (Phi) is 5.74. The van der Waals surface area contributed by atoms with E-state index in [1.54, 1.807) is 42.5 Å². The topological polar surface area (TPSA) is 78.4 Å². The van der Waals surface area contributed by atoms with Gasteiger partial charge in [0.15, 0.2) is 0 Å². The fourth-order valence-electron chi connectivity index (χ4n) is 3.46. The van der Waals surface area contributed by atoms with Crippen LogP contribution in [-0.2, 0) is 15.0 Å². The van der Waals surface area contributed by atoms with Gasteiger partial charge in [-0.15, -0.1) is 11.3 Å². The molecule has 2 amide bonds. The maximum absolute atomic E-state index is 12.2.